The van der Waals surface area contributed by atoms with Crippen molar-refractivity contribution in [2.75, 3.05) is 26.9 Å². The van der Waals surface area contributed by atoms with Gasteiger partial charge in [-0.1, -0.05) is 18.2 Å². The SMILES string of the molecule is CCN(Cc1cccc2c1OCCO2)C(=O)/C=C/c1ccc(OC(C)C)c(OC)c1. The van der Waals surface area contributed by atoms with Crippen molar-refractivity contribution in [3.63, 3.8) is 0 Å². The van der Waals surface area contributed by atoms with Crippen LogP contribution in [0.2, 0.25) is 0 Å². The van der Waals surface area contributed by atoms with Gasteiger partial charge >= 0.3 is 0 Å². The first-order valence-corrected chi connectivity index (χ1v) is 10.2. The summed E-state index contributed by atoms with van der Waals surface area (Å²) in [5, 5.41) is 0. The number of benzene rings is 2. The minimum Gasteiger partial charge on any atom is -0.493 e. The third-order valence-electron chi connectivity index (χ3n) is 4.67. The molecule has 0 N–H and O–H groups in total. The van der Waals surface area contributed by atoms with Gasteiger partial charge in [0, 0.05) is 24.7 Å². The van der Waals surface area contributed by atoms with E-state index in [1.807, 2.05) is 57.2 Å². The lowest BCUT2D eigenvalue weighted by molar-refractivity contribution is -0.126. The van der Waals surface area contributed by atoms with Crippen LogP contribution in [0.15, 0.2) is 42.5 Å². The number of hydrogen-bond donors (Lipinski definition) is 0. The van der Waals surface area contributed by atoms with E-state index >= 15 is 0 Å². The number of para-hydroxylation sites is 1. The average Bonchev–Trinajstić information content (AvgIpc) is 2.76. The predicted octanol–water partition coefficient (Wildman–Crippen LogP) is 4.32. The Balaban J connectivity index is 1.72. The number of fused-ring (bicyclic) bond motifs is 1. The number of carbonyl (C=O) groups excluding carboxylic acids is 1. The Bertz CT molecular complexity index is 906. The zero-order valence-electron chi connectivity index (χ0n) is 18.0. The Morgan fingerprint density at radius 2 is 1.97 bits per heavy atom. The summed E-state index contributed by atoms with van der Waals surface area (Å²) in [5.74, 6) is 2.70. The molecule has 1 aliphatic rings. The lowest BCUT2D eigenvalue weighted by Gasteiger charge is -2.24. The molecule has 0 atom stereocenters. The third-order valence-corrected chi connectivity index (χ3v) is 4.67. The van der Waals surface area contributed by atoms with Crippen LogP contribution in [0, 0.1) is 0 Å². The molecule has 30 heavy (non-hydrogen) atoms. The summed E-state index contributed by atoms with van der Waals surface area (Å²) in [6, 6.07) is 11.4. The van der Waals surface area contributed by atoms with Crippen molar-refractivity contribution in [1.29, 1.82) is 0 Å². The van der Waals surface area contributed by atoms with Crippen molar-refractivity contribution in [3.05, 3.63) is 53.6 Å². The molecule has 0 spiro atoms. The minimum absolute atomic E-state index is 0.0538. The van der Waals surface area contributed by atoms with Gasteiger partial charge in [0.05, 0.1) is 13.2 Å². The molecule has 6 heteroatoms. The first-order chi connectivity index (χ1) is 14.5. The number of hydrogen-bond acceptors (Lipinski definition) is 5. The van der Waals surface area contributed by atoms with Crippen molar-refractivity contribution in [2.45, 2.75) is 33.4 Å². The number of methoxy groups -OCH3 is 1. The van der Waals surface area contributed by atoms with Crippen LogP contribution in [0.5, 0.6) is 23.0 Å². The first-order valence-electron chi connectivity index (χ1n) is 10.2. The molecule has 0 bridgehead atoms. The Morgan fingerprint density at radius 3 is 2.70 bits per heavy atom. The number of ether oxygens (including phenoxy) is 4. The second kappa shape index (κ2) is 10.1. The van der Waals surface area contributed by atoms with E-state index in [4.69, 9.17) is 18.9 Å². The number of nitrogens with zero attached hydrogens (tertiary/aromatic N) is 1. The van der Waals surface area contributed by atoms with Crippen molar-refractivity contribution in [3.8, 4) is 23.0 Å². The zero-order chi connectivity index (χ0) is 21.5. The number of amides is 1. The van der Waals surface area contributed by atoms with Gasteiger partial charge in [-0.05, 0) is 50.6 Å². The van der Waals surface area contributed by atoms with E-state index in [1.165, 1.54) is 0 Å². The van der Waals surface area contributed by atoms with Crippen LogP contribution in [0.3, 0.4) is 0 Å². The maximum Gasteiger partial charge on any atom is 0.246 e. The van der Waals surface area contributed by atoms with Gasteiger partial charge in [0.1, 0.15) is 13.2 Å². The van der Waals surface area contributed by atoms with E-state index in [9.17, 15) is 4.79 Å². The van der Waals surface area contributed by atoms with Crippen LogP contribution in [-0.4, -0.2) is 43.8 Å². The van der Waals surface area contributed by atoms with Gasteiger partial charge in [0.2, 0.25) is 5.91 Å². The molecular weight excluding hydrogens is 382 g/mol. The minimum atomic E-state index is -0.0756. The first kappa shape index (κ1) is 21.6. The number of rotatable bonds is 8. The normalized spacial score (nSPS) is 12.8. The Labute approximate surface area is 178 Å². The van der Waals surface area contributed by atoms with E-state index in [-0.39, 0.29) is 12.0 Å². The van der Waals surface area contributed by atoms with Crippen molar-refractivity contribution >= 4 is 12.0 Å². The molecule has 0 saturated carbocycles. The number of carbonyl (C=O) groups is 1. The quantitative estimate of drug-likeness (QED) is 0.606. The summed E-state index contributed by atoms with van der Waals surface area (Å²) in [6.45, 7) is 7.98. The Kier molecular flexibility index (Phi) is 7.22. The molecule has 3 rings (SSSR count). The van der Waals surface area contributed by atoms with Crippen molar-refractivity contribution in [2.24, 2.45) is 0 Å². The van der Waals surface area contributed by atoms with Gasteiger partial charge < -0.3 is 23.8 Å². The lowest BCUT2D eigenvalue weighted by atomic mass is 10.1. The van der Waals surface area contributed by atoms with Gasteiger partial charge in [-0.25, -0.2) is 0 Å². The summed E-state index contributed by atoms with van der Waals surface area (Å²) in [7, 11) is 1.60. The standard InChI is InChI=1S/C24H29NO5/c1-5-25(16-19-7-6-8-21-24(19)29-14-13-28-21)23(26)12-10-18-9-11-20(30-17(2)3)22(15-18)27-4/h6-12,15,17H,5,13-14,16H2,1-4H3/b12-10+. The molecule has 6 nitrogen and oxygen atoms in total. The summed E-state index contributed by atoms with van der Waals surface area (Å²) >= 11 is 0. The van der Waals surface area contributed by atoms with Crippen molar-refractivity contribution < 1.29 is 23.7 Å². The highest BCUT2D eigenvalue weighted by Gasteiger charge is 2.18. The van der Waals surface area contributed by atoms with Crippen LogP contribution < -0.4 is 18.9 Å². The van der Waals surface area contributed by atoms with Gasteiger partial charge in [-0.3, -0.25) is 4.79 Å². The maximum atomic E-state index is 12.8. The molecule has 1 amide bonds. The lowest BCUT2D eigenvalue weighted by Crippen LogP contribution is -2.29. The smallest absolute Gasteiger partial charge is 0.246 e. The molecule has 2 aromatic carbocycles. The molecule has 0 saturated heterocycles. The molecule has 0 radical (unpaired) electrons. The van der Waals surface area contributed by atoms with Crippen LogP contribution in [-0.2, 0) is 11.3 Å². The molecule has 160 valence electrons. The zero-order valence-corrected chi connectivity index (χ0v) is 18.0. The van der Waals surface area contributed by atoms with Crippen LogP contribution in [0.1, 0.15) is 31.9 Å². The molecule has 0 aliphatic carbocycles. The largest absolute Gasteiger partial charge is 0.493 e. The fourth-order valence-electron chi connectivity index (χ4n) is 3.22. The molecule has 0 fully saturated rings. The van der Waals surface area contributed by atoms with Gasteiger partial charge in [0.15, 0.2) is 23.0 Å². The molecular formula is C24H29NO5. The molecule has 0 aromatic heterocycles. The number of likely N-dealkylation sites (N-methyl/N-ethyl adjacent to an activating group) is 1. The van der Waals surface area contributed by atoms with E-state index in [0.29, 0.717) is 37.8 Å². The van der Waals surface area contributed by atoms with Crippen molar-refractivity contribution in [1.82, 2.24) is 4.90 Å². The van der Waals surface area contributed by atoms with Gasteiger partial charge in [-0.2, -0.15) is 0 Å². The van der Waals surface area contributed by atoms with E-state index in [0.717, 1.165) is 22.6 Å². The summed E-state index contributed by atoms with van der Waals surface area (Å²) < 4.78 is 22.6. The predicted molar refractivity (Wildman–Crippen MR) is 116 cm³/mol. The Hall–Kier alpha value is -3.15. The highest BCUT2D eigenvalue weighted by atomic mass is 16.6. The highest BCUT2D eigenvalue weighted by Crippen LogP contribution is 2.34. The highest BCUT2D eigenvalue weighted by molar-refractivity contribution is 5.91. The van der Waals surface area contributed by atoms with Crippen LogP contribution in [0.25, 0.3) is 6.08 Å². The second-order valence-electron chi connectivity index (χ2n) is 7.20. The van der Waals surface area contributed by atoms with Crippen LogP contribution >= 0.6 is 0 Å². The van der Waals surface area contributed by atoms with E-state index in [2.05, 4.69) is 0 Å². The fraction of sp³-hybridized carbons (Fsp3) is 0.375. The molecule has 1 aliphatic heterocycles. The second-order valence-corrected chi connectivity index (χ2v) is 7.20. The Morgan fingerprint density at radius 1 is 1.17 bits per heavy atom. The van der Waals surface area contributed by atoms with Crippen LogP contribution in [0.4, 0.5) is 0 Å². The van der Waals surface area contributed by atoms with E-state index < -0.39 is 0 Å². The molecule has 1 heterocycles. The third kappa shape index (κ3) is 5.26. The topological polar surface area (TPSA) is 57.2 Å². The summed E-state index contributed by atoms with van der Waals surface area (Å²) in [6.07, 6.45) is 3.42. The monoisotopic (exact) mass is 411 g/mol. The fourth-order valence-corrected chi connectivity index (χ4v) is 3.22. The maximum absolute atomic E-state index is 12.8. The molecule has 2 aromatic rings. The summed E-state index contributed by atoms with van der Waals surface area (Å²) in [5.41, 5.74) is 1.80. The molecule has 0 unspecified atom stereocenters. The van der Waals surface area contributed by atoms with Gasteiger partial charge in [-0.15, -0.1) is 0 Å². The van der Waals surface area contributed by atoms with E-state index in [1.54, 1.807) is 24.2 Å². The van der Waals surface area contributed by atoms with Gasteiger partial charge in [0.25, 0.3) is 0 Å². The average molecular weight is 411 g/mol. The summed E-state index contributed by atoms with van der Waals surface area (Å²) in [4.78, 5) is 14.6.